The third-order valence-electron chi connectivity index (χ3n) is 4.49. The number of ether oxygens (including phenoxy) is 1. The molecule has 1 N–H and O–H groups in total. The van der Waals surface area contributed by atoms with E-state index in [1.54, 1.807) is 12.1 Å². The summed E-state index contributed by atoms with van der Waals surface area (Å²) >= 11 is 10.2. The van der Waals surface area contributed by atoms with E-state index < -0.39 is 22.2 Å². The molecule has 0 aliphatic carbocycles. The molecule has 1 fully saturated rings. The molecule has 1 aliphatic rings. The zero-order valence-corrected chi connectivity index (χ0v) is 18.7. The van der Waals surface area contributed by atoms with Crippen molar-refractivity contribution in [3.63, 3.8) is 0 Å². The summed E-state index contributed by atoms with van der Waals surface area (Å²) in [6.45, 7) is 0.316. The number of sulfonamides is 1. The van der Waals surface area contributed by atoms with Gasteiger partial charge in [-0.3, -0.25) is 9.69 Å². The Morgan fingerprint density at radius 3 is 2.57 bits per heavy atom. The van der Waals surface area contributed by atoms with Crippen LogP contribution in [-0.2, 0) is 14.8 Å². The Morgan fingerprint density at radius 2 is 1.93 bits per heavy atom. The maximum absolute atomic E-state index is 12.4. The zero-order valence-electron chi connectivity index (χ0n) is 16.2. The molecule has 160 valence electrons. The van der Waals surface area contributed by atoms with Gasteiger partial charge < -0.3 is 10.1 Å². The van der Waals surface area contributed by atoms with Crippen LogP contribution in [0.2, 0.25) is 5.02 Å². The van der Waals surface area contributed by atoms with Crippen LogP contribution in [0, 0.1) is 0 Å². The molecule has 1 atom stereocenters. The second kappa shape index (κ2) is 8.84. The molecular weight excluding hydrogens is 450 g/mol. The highest BCUT2D eigenvalue weighted by molar-refractivity contribution is 7.89. The van der Waals surface area contributed by atoms with E-state index in [1.807, 2.05) is 0 Å². The van der Waals surface area contributed by atoms with Crippen molar-refractivity contribution in [3.8, 4) is 0 Å². The van der Waals surface area contributed by atoms with Crippen molar-refractivity contribution < 1.29 is 22.7 Å². The number of rotatable bonds is 6. The highest BCUT2D eigenvalue weighted by atomic mass is 35.5. The number of anilines is 1. The molecular formula is C19H20ClN3O5S2. The van der Waals surface area contributed by atoms with Gasteiger partial charge in [0.05, 0.1) is 23.5 Å². The van der Waals surface area contributed by atoms with Crippen molar-refractivity contribution in [2.24, 2.45) is 0 Å². The molecule has 1 aliphatic heterocycles. The number of nitrogens with zero attached hydrogens (tertiary/aromatic N) is 2. The van der Waals surface area contributed by atoms with Crippen LogP contribution in [0.15, 0.2) is 52.3 Å². The second-order valence-electron chi connectivity index (χ2n) is 6.77. The summed E-state index contributed by atoms with van der Waals surface area (Å²) in [7, 11) is -0.668. The standard InChI is InChI=1S/C19H20ClN3O5S2/c1-22(2)30(26,27)15-6-4-13(5-7-15)23-11-14(28-19(23)25)10-21-18(24)16-9-12(20)3-8-17(16)29/h3-9,14,29H,10-11H2,1-2H3,(H,21,24)/t14-/m0/s1. The first-order valence-electron chi connectivity index (χ1n) is 8.87. The van der Waals surface area contributed by atoms with E-state index in [2.05, 4.69) is 17.9 Å². The van der Waals surface area contributed by atoms with Crippen LogP contribution < -0.4 is 10.2 Å². The van der Waals surface area contributed by atoms with Gasteiger partial charge in [-0.25, -0.2) is 17.5 Å². The molecule has 0 bridgehead atoms. The second-order valence-corrected chi connectivity index (χ2v) is 9.84. The molecule has 8 nitrogen and oxygen atoms in total. The van der Waals surface area contributed by atoms with Crippen molar-refractivity contribution in [3.05, 3.63) is 53.1 Å². The Balaban J connectivity index is 1.64. The van der Waals surface area contributed by atoms with Crippen molar-refractivity contribution in [1.82, 2.24) is 9.62 Å². The summed E-state index contributed by atoms with van der Waals surface area (Å²) < 4.78 is 30.7. The van der Waals surface area contributed by atoms with Gasteiger partial charge in [-0.05, 0) is 42.5 Å². The Kier molecular flexibility index (Phi) is 6.61. The van der Waals surface area contributed by atoms with E-state index in [9.17, 15) is 18.0 Å². The molecule has 2 aromatic carbocycles. The summed E-state index contributed by atoms with van der Waals surface area (Å²) in [6.07, 6.45) is -1.13. The Morgan fingerprint density at radius 1 is 1.27 bits per heavy atom. The topological polar surface area (TPSA) is 96.0 Å². The first-order chi connectivity index (χ1) is 14.1. The van der Waals surface area contributed by atoms with Gasteiger partial charge in [-0.2, -0.15) is 0 Å². The number of hydrogen-bond donors (Lipinski definition) is 2. The smallest absolute Gasteiger partial charge is 0.414 e. The first-order valence-corrected chi connectivity index (χ1v) is 11.1. The third kappa shape index (κ3) is 4.72. The highest BCUT2D eigenvalue weighted by Gasteiger charge is 2.33. The average molecular weight is 470 g/mol. The van der Waals surface area contributed by atoms with E-state index in [0.717, 1.165) is 4.31 Å². The minimum Gasteiger partial charge on any atom is -0.442 e. The largest absolute Gasteiger partial charge is 0.442 e. The molecule has 1 saturated heterocycles. The van der Waals surface area contributed by atoms with Gasteiger partial charge in [0.15, 0.2) is 0 Å². The van der Waals surface area contributed by atoms with E-state index in [1.165, 1.54) is 49.3 Å². The molecule has 0 radical (unpaired) electrons. The lowest BCUT2D eigenvalue weighted by atomic mass is 10.2. The molecule has 3 rings (SSSR count). The Bertz CT molecular complexity index is 1070. The lowest BCUT2D eigenvalue weighted by Crippen LogP contribution is -2.34. The number of amides is 2. The number of benzene rings is 2. The van der Waals surface area contributed by atoms with Crippen molar-refractivity contribution >= 4 is 51.9 Å². The lowest BCUT2D eigenvalue weighted by molar-refractivity contribution is 0.0913. The van der Waals surface area contributed by atoms with Crippen LogP contribution in [0.4, 0.5) is 10.5 Å². The fourth-order valence-electron chi connectivity index (χ4n) is 2.84. The van der Waals surface area contributed by atoms with Crippen LogP contribution in [0.3, 0.4) is 0 Å². The number of carbonyl (C=O) groups is 2. The van der Waals surface area contributed by atoms with E-state index in [4.69, 9.17) is 16.3 Å². The lowest BCUT2D eigenvalue weighted by Gasteiger charge is -2.15. The molecule has 11 heteroatoms. The predicted molar refractivity (Wildman–Crippen MR) is 116 cm³/mol. The molecule has 1 heterocycles. The van der Waals surface area contributed by atoms with Crippen LogP contribution in [0.25, 0.3) is 0 Å². The van der Waals surface area contributed by atoms with E-state index in [0.29, 0.717) is 21.2 Å². The Hall–Kier alpha value is -2.27. The summed E-state index contributed by atoms with van der Waals surface area (Å²) in [6, 6.07) is 10.7. The fraction of sp³-hybridized carbons (Fsp3) is 0.263. The Labute approximate surface area is 185 Å². The number of carbonyl (C=O) groups excluding carboxylic acids is 2. The number of cyclic esters (lactones) is 1. The van der Waals surface area contributed by atoms with Crippen LogP contribution >= 0.6 is 24.2 Å². The first kappa shape index (κ1) is 22.4. The van der Waals surface area contributed by atoms with Crippen LogP contribution in [0.5, 0.6) is 0 Å². The number of thiol groups is 1. The van der Waals surface area contributed by atoms with Gasteiger partial charge in [0.2, 0.25) is 10.0 Å². The van der Waals surface area contributed by atoms with E-state index >= 15 is 0 Å². The average Bonchev–Trinajstić information content (AvgIpc) is 3.08. The minimum atomic E-state index is -3.56. The molecule has 2 aromatic rings. The van der Waals surface area contributed by atoms with Crippen molar-refractivity contribution in [2.75, 3.05) is 32.1 Å². The molecule has 0 saturated carbocycles. The summed E-state index contributed by atoms with van der Waals surface area (Å²) in [5.74, 6) is -0.379. The molecule has 0 aromatic heterocycles. The van der Waals surface area contributed by atoms with Gasteiger partial charge >= 0.3 is 6.09 Å². The third-order valence-corrected chi connectivity index (χ3v) is 6.95. The maximum atomic E-state index is 12.4. The number of nitrogens with one attached hydrogen (secondary N) is 1. The molecule has 0 unspecified atom stereocenters. The monoisotopic (exact) mass is 469 g/mol. The highest BCUT2D eigenvalue weighted by Crippen LogP contribution is 2.24. The fourth-order valence-corrected chi connectivity index (χ4v) is 4.15. The van der Waals surface area contributed by atoms with Gasteiger partial charge in [-0.15, -0.1) is 12.6 Å². The number of halogens is 1. The quantitative estimate of drug-likeness (QED) is 0.634. The summed E-state index contributed by atoms with van der Waals surface area (Å²) in [4.78, 5) is 26.6. The van der Waals surface area contributed by atoms with Crippen LogP contribution in [-0.4, -0.2) is 58.0 Å². The summed E-state index contributed by atoms with van der Waals surface area (Å²) in [5, 5.41) is 3.12. The normalized spacial score (nSPS) is 16.6. The van der Waals surface area contributed by atoms with Gasteiger partial charge in [0.25, 0.3) is 5.91 Å². The predicted octanol–water partition coefficient (Wildman–Crippen LogP) is 2.63. The molecule has 0 spiro atoms. The maximum Gasteiger partial charge on any atom is 0.414 e. The van der Waals surface area contributed by atoms with Crippen molar-refractivity contribution in [1.29, 1.82) is 0 Å². The molecule has 2 amide bonds. The number of hydrogen-bond acceptors (Lipinski definition) is 6. The molecule has 30 heavy (non-hydrogen) atoms. The van der Waals surface area contributed by atoms with E-state index in [-0.39, 0.29) is 23.9 Å². The minimum absolute atomic E-state index is 0.105. The van der Waals surface area contributed by atoms with Crippen molar-refractivity contribution in [2.45, 2.75) is 15.9 Å². The summed E-state index contributed by atoms with van der Waals surface area (Å²) in [5.41, 5.74) is 0.823. The SMILES string of the molecule is CN(C)S(=O)(=O)c1ccc(N2C[C@H](CNC(=O)c3cc(Cl)ccc3S)OC2=O)cc1. The van der Waals surface area contributed by atoms with Crippen LogP contribution in [0.1, 0.15) is 10.4 Å². The van der Waals surface area contributed by atoms with Gasteiger partial charge in [-0.1, -0.05) is 11.6 Å². The van der Waals surface area contributed by atoms with Gasteiger partial charge in [0, 0.05) is 29.7 Å². The van der Waals surface area contributed by atoms with Gasteiger partial charge in [0.1, 0.15) is 6.10 Å². The zero-order chi connectivity index (χ0) is 22.1.